The number of hydrogen-bond acceptors (Lipinski definition) is 5. The average Bonchev–Trinajstić information content (AvgIpc) is 2.34. The molecule has 2 rings (SSSR count). The van der Waals surface area contributed by atoms with Gasteiger partial charge < -0.3 is 9.84 Å². The molecular weight excluding hydrogens is 228 g/mol. The number of carboxylic acids is 1. The molecule has 0 aliphatic rings. The summed E-state index contributed by atoms with van der Waals surface area (Å²) in [6.07, 6.45) is 0. The Hall–Kier alpha value is -2.50. The van der Waals surface area contributed by atoms with Crippen molar-refractivity contribution in [1.29, 1.82) is 0 Å². The van der Waals surface area contributed by atoms with E-state index in [9.17, 15) is 19.2 Å². The maximum absolute atomic E-state index is 11.3. The van der Waals surface area contributed by atoms with Crippen LogP contribution >= 0.6 is 0 Å². The maximum Gasteiger partial charge on any atom is 0.338 e. The zero-order valence-corrected chi connectivity index (χ0v) is 8.64. The Balaban J connectivity index is 2.87. The van der Waals surface area contributed by atoms with E-state index in [0.717, 1.165) is 13.2 Å². The first-order chi connectivity index (χ1) is 7.99. The Labute approximate surface area is 93.7 Å². The van der Waals surface area contributed by atoms with Gasteiger partial charge in [0.25, 0.3) is 0 Å². The van der Waals surface area contributed by atoms with E-state index in [0.29, 0.717) is 0 Å². The molecule has 0 saturated heterocycles. The van der Waals surface area contributed by atoms with Crippen molar-refractivity contribution in [2.75, 3.05) is 7.11 Å². The number of aromatic carboxylic acids is 1. The fourth-order valence-electron chi connectivity index (χ4n) is 1.70. The van der Waals surface area contributed by atoms with Crippen molar-refractivity contribution in [3.05, 3.63) is 43.7 Å². The lowest BCUT2D eigenvalue weighted by Gasteiger charge is -2.08. The van der Waals surface area contributed by atoms with Crippen LogP contribution in [0.2, 0.25) is 0 Å². The average molecular weight is 234 g/mol. The second-order valence-electron chi connectivity index (χ2n) is 3.37. The van der Waals surface area contributed by atoms with Gasteiger partial charge in [0, 0.05) is 0 Å². The molecule has 6 heteroatoms. The minimum atomic E-state index is -1.32. The van der Waals surface area contributed by atoms with Crippen LogP contribution in [0, 0.1) is 0 Å². The van der Waals surface area contributed by atoms with Gasteiger partial charge in [-0.2, -0.15) is 0 Å². The molecular formula is C11H6O6. The van der Waals surface area contributed by atoms with Gasteiger partial charge >= 0.3 is 11.9 Å². The molecule has 0 spiro atoms. The molecule has 0 amide bonds. The highest BCUT2D eigenvalue weighted by molar-refractivity contribution is 6.13. The normalized spacial score (nSPS) is 10.6. The molecule has 0 unspecified atom stereocenters. The highest BCUT2D eigenvalue weighted by atomic mass is 16.5. The lowest BCUT2D eigenvalue weighted by Crippen LogP contribution is -2.34. The van der Waals surface area contributed by atoms with Crippen LogP contribution in [0.15, 0.2) is 21.7 Å². The lowest BCUT2D eigenvalue weighted by molar-refractivity contribution is 0.0601. The van der Waals surface area contributed by atoms with Gasteiger partial charge in [0.05, 0.1) is 29.0 Å². The Morgan fingerprint density at radius 1 is 1.06 bits per heavy atom. The number of carbonyl (C=O) groups is 2. The van der Waals surface area contributed by atoms with Crippen LogP contribution in [0.3, 0.4) is 0 Å². The zero-order chi connectivity index (χ0) is 12.7. The van der Waals surface area contributed by atoms with Crippen molar-refractivity contribution in [3.63, 3.8) is 0 Å². The summed E-state index contributed by atoms with van der Waals surface area (Å²) in [4.78, 5) is 44.7. The molecule has 0 radical (unpaired) electrons. The van der Waals surface area contributed by atoms with Gasteiger partial charge in [-0.25, -0.2) is 9.59 Å². The molecule has 0 bridgehead atoms. The quantitative estimate of drug-likeness (QED) is 0.576. The van der Waals surface area contributed by atoms with Gasteiger partial charge in [0.2, 0.25) is 10.9 Å². The van der Waals surface area contributed by atoms with Crippen LogP contribution in [0.25, 0.3) is 10.8 Å². The topological polar surface area (TPSA) is 97.7 Å². The van der Waals surface area contributed by atoms with E-state index < -0.39 is 22.8 Å². The van der Waals surface area contributed by atoms with E-state index in [4.69, 9.17) is 5.11 Å². The fraction of sp³-hybridized carbons (Fsp3) is 0.0909. The van der Waals surface area contributed by atoms with E-state index in [-0.39, 0.29) is 21.9 Å². The van der Waals surface area contributed by atoms with E-state index in [1.54, 1.807) is 0 Å². The largest absolute Gasteiger partial charge is 0.478 e. The SMILES string of the molecule is COC(=O)c1ccc(C(=O)O)c2c(=O)c(=O)c12. The highest BCUT2D eigenvalue weighted by Gasteiger charge is 2.25. The molecule has 6 nitrogen and oxygen atoms in total. The van der Waals surface area contributed by atoms with Gasteiger partial charge in [0.1, 0.15) is 0 Å². The maximum atomic E-state index is 11.3. The van der Waals surface area contributed by atoms with Crippen molar-refractivity contribution in [2.24, 2.45) is 0 Å². The predicted molar refractivity (Wildman–Crippen MR) is 57.2 cm³/mol. The Morgan fingerprint density at radius 2 is 1.53 bits per heavy atom. The first-order valence-corrected chi connectivity index (χ1v) is 4.56. The van der Waals surface area contributed by atoms with Crippen LogP contribution in [0.1, 0.15) is 20.7 Å². The van der Waals surface area contributed by atoms with Crippen LogP contribution in [0.4, 0.5) is 0 Å². The smallest absolute Gasteiger partial charge is 0.338 e. The third-order valence-electron chi connectivity index (χ3n) is 2.50. The first-order valence-electron chi connectivity index (χ1n) is 4.56. The number of fused-ring (bicyclic) bond motifs is 1. The molecule has 0 aliphatic heterocycles. The van der Waals surface area contributed by atoms with Gasteiger partial charge in [-0.3, -0.25) is 9.59 Å². The van der Waals surface area contributed by atoms with Gasteiger partial charge in [-0.15, -0.1) is 0 Å². The summed E-state index contributed by atoms with van der Waals surface area (Å²) < 4.78 is 4.44. The number of hydrogen-bond donors (Lipinski definition) is 1. The minimum Gasteiger partial charge on any atom is -0.478 e. The highest BCUT2D eigenvalue weighted by Crippen LogP contribution is 2.19. The second kappa shape index (κ2) is 3.51. The van der Waals surface area contributed by atoms with Crippen LogP contribution in [-0.2, 0) is 4.74 Å². The van der Waals surface area contributed by atoms with E-state index >= 15 is 0 Å². The first kappa shape index (κ1) is 11.0. The molecule has 0 saturated carbocycles. The van der Waals surface area contributed by atoms with Crippen molar-refractivity contribution < 1.29 is 19.4 Å². The Morgan fingerprint density at radius 3 is 2.00 bits per heavy atom. The number of esters is 1. The molecule has 0 heterocycles. The van der Waals surface area contributed by atoms with Crippen LogP contribution in [-0.4, -0.2) is 24.2 Å². The number of carbonyl (C=O) groups excluding carboxylic acids is 1. The van der Waals surface area contributed by atoms with Crippen molar-refractivity contribution in [1.82, 2.24) is 0 Å². The van der Waals surface area contributed by atoms with Gasteiger partial charge in [-0.1, -0.05) is 0 Å². The number of methoxy groups -OCH3 is 1. The summed E-state index contributed by atoms with van der Waals surface area (Å²) in [5.74, 6) is -2.10. The van der Waals surface area contributed by atoms with Gasteiger partial charge in [0.15, 0.2) is 0 Å². The molecule has 17 heavy (non-hydrogen) atoms. The summed E-state index contributed by atoms with van der Waals surface area (Å²) in [5, 5.41) is 8.45. The van der Waals surface area contributed by atoms with Crippen LogP contribution < -0.4 is 10.9 Å². The number of rotatable bonds is 2. The zero-order valence-electron chi connectivity index (χ0n) is 8.64. The molecule has 0 aromatic heterocycles. The summed E-state index contributed by atoms with van der Waals surface area (Å²) >= 11 is 0. The van der Waals surface area contributed by atoms with E-state index in [2.05, 4.69) is 4.74 Å². The number of benzene rings is 1. The van der Waals surface area contributed by atoms with E-state index in [1.165, 1.54) is 6.07 Å². The monoisotopic (exact) mass is 234 g/mol. The summed E-state index contributed by atoms with van der Waals surface area (Å²) in [6.45, 7) is 0. The second-order valence-corrected chi connectivity index (χ2v) is 3.37. The minimum absolute atomic E-state index is 0.0860. The van der Waals surface area contributed by atoms with Gasteiger partial charge in [-0.05, 0) is 12.1 Å². The molecule has 0 aliphatic carbocycles. The number of ether oxygens (including phenoxy) is 1. The third kappa shape index (κ3) is 1.34. The van der Waals surface area contributed by atoms with Crippen molar-refractivity contribution in [2.45, 2.75) is 0 Å². The summed E-state index contributed by atoms with van der Waals surface area (Å²) in [5.41, 5.74) is -2.11. The molecule has 2 aromatic carbocycles. The lowest BCUT2D eigenvalue weighted by atomic mass is 9.95. The number of carboxylic acid groups (broad SMARTS) is 1. The third-order valence-corrected chi connectivity index (χ3v) is 2.50. The molecule has 86 valence electrons. The molecule has 2 aromatic rings. The molecule has 1 N–H and O–H groups in total. The van der Waals surface area contributed by atoms with Crippen molar-refractivity contribution in [3.8, 4) is 0 Å². The van der Waals surface area contributed by atoms with Crippen molar-refractivity contribution >= 4 is 22.7 Å². The molecule has 0 atom stereocenters. The Kier molecular flexibility index (Phi) is 2.27. The Bertz CT molecular complexity index is 717. The van der Waals surface area contributed by atoms with E-state index in [1.807, 2.05) is 0 Å². The fourth-order valence-corrected chi connectivity index (χ4v) is 1.70. The predicted octanol–water partition coefficient (Wildman–Crippen LogP) is -0.0794. The summed E-state index contributed by atoms with van der Waals surface area (Å²) in [7, 11) is 1.13. The standard InChI is InChI=1S/C11H6O6/c1-17-11(16)5-3-2-4(10(14)15)6-7(5)9(13)8(6)12/h2-3H,1H3,(H,14,15). The summed E-state index contributed by atoms with van der Waals surface area (Å²) in [6, 6.07) is 2.27. The molecule has 0 fully saturated rings. The van der Waals surface area contributed by atoms with Crippen LogP contribution in [0.5, 0.6) is 0 Å².